The topological polar surface area (TPSA) is 115 Å². The predicted molar refractivity (Wildman–Crippen MR) is 140 cm³/mol. The lowest BCUT2D eigenvalue weighted by molar-refractivity contribution is -0.112. The molecule has 3 aromatic rings. The molecule has 3 rings (SSSR count). The molecule has 0 aliphatic carbocycles. The van der Waals surface area contributed by atoms with Crippen LogP contribution in [0.4, 0.5) is 5.69 Å². The Morgan fingerprint density at radius 1 is 1.11 bits per heavy atom. The molecule has 0 aliphatic heterocycles. The first-order valence-corrected chi connectivity index (χ1v) is 12.9. The van der Waals surface area contributed by atoms with Gasteiger partial charge in [0.1, 0.15) is 22.3 Å². The highest BCUT2D eigenvalue weighted by Crippen LogP contribution is 2.39. The smallest absolute Gasteiger partial charge is 0.339 e. The highest BCUT2D eigenvalue weighted by Gasteiger charge is 2.22. The first-order valence-electron chi connectivity index (χ1n) is 10.7. The number of anilines is 1. The standard InChI is InChI=1S/C26H23BrN2O6S/c1-4-34-21-9-7-20(8-10-21)29-26(30)19(16-28)13-18-14-23(27)25(24(15-18)33-3)35-36(31,32)22-11-5-17(2)6-12-22/h5-15H,4H2,1-3H3,(H,29,30)/b19-13+. The van der Waals surface area contributed by atoms with Gasteiger partial charge in [0.05, 0.1) is 18.2 Å². The van der Waals surface area contributed by atoms with Crippen LogP contribution in [0.15, 0.2) is 75.6 Å². The number of nitrogens with zero attached hydrogens (tertiary/aromatic N) is 1. The minimum atomic E-state index is -4.13. The fourth-order valence-electron chi connectivity index (χ4n) is 3.08. The molecule has 0 saturated carbocycles. The third kappa shape index (κ3) is 6.65. The average Bonchev–Trinajstić information content (AvgIpc) is 2.85. The summed E-state index contributed by atoms with van der Waals surface area (Å²) < 4.78 is 41.8. The fourth-order valence-corrected chi connectivity index (χ4v) is 4.69. The molecule has 0 aromatic heterocycles. The largest absolute Gasteiger partial charge is 0.494 e. The summed E-state index contributed by atoms with van der Waals surface area (Å²) in [6.45, 7) is 4.24. The highest BCUT2D eigenvalue weighted by molar-refractivity contribution is 9.10. The molecule has 10 heteroatoms. The summed E-state index contributed by atoms with van der Waals surface area (Å²) in [4.78, 5) is 12.6. The molecule has 0 spiro atoms. The van der Waals surface area contributed by atoms with E-state index in [4.69, 9.17) is 13.7 Å². The van der Waals surface area contributed by atoms with Crippen molar-refractivity contribution in [3.63, 3.8) is 0 Å². The Morgan fingerprint density at radius 2 is 1.78 bits per heavy atom. The Bertz CT molecular complexity index is 1430. The molecule has 0 radical (unpaired) electrons. The van der Waals surface area contributed by atoms with E-state index in [2.05, 4.69) is 21.2 Å². The summed E-state index contributed by atoms with van der Waals surface area (Å²) in [5, 5.41) is 12.2. The Hall–Kier alpha value is -3.81. The van der Waals surface area contributed by atoms with Crippen molar-refractivity contribution in [3.05, 3.63) is 81.8 Å². The summed E-state index contributed by atoms with van der Waals surface area (Å²) in [6, 6.07) is 17.8. The zero-order chi connectivity index (χ0) is 26.3. The maximum atomic E-state index is 12.7. The lowest BCUT2D eigenvalue weighted by Gasteiger charge is -2.14. The van der Waals surface area contributed by atoms with Crippen molar-refractivity contribution >= 4 is 43.7 Å². The summed E-state index contributed by atoms with van der Waals surface area (Å²) in [7, 11) is -2.78. The van der Waals surface area contributed by atoms with E-state index in [0.29, 0.717) is 23.6 Å². The van der Waals surface area contributed by atoms with Gasteiger partial charge in [0.15, 0.2) is 11.5 Å². The van der Waals surface area contributed by atoms with E-state index in [9.17, 15) is 18.5 Å². The summed E-state index contributed by atoms with van der Waals surface area (Å²) in [5.74, 6) is 0.0808. The lowest BCUT2D eigenvalue weighted by Crippen LogP contribution is -2.13. The third-order valence-corrected chi connectivity index (χ3v) is 6.68. The number of aryl methyl sites for hydroxylation is 1. The zero-order valence-corrected chi connectivity index (χ0v) is 22.1. The van der Waals surface area contributed by atoms with Crippen molar-refractivity contribution in [1.82, 2.24) is 0 Å². The van der Waals surface area contributed by atoms with Crippen molar-refractivity contribution in [2.75, 3.05) is 19.0 Å². The lowest BCUT2D eigenvalue weighted by atomic mass is 10.1. The Morgan fingerprint density at radius 3 is 2.36 bits per heavy atom. The highest BCUT2D eigenvalue weighted by atomic mass is 79.9. The van der Waals surface area contributed by atoms with Crippen LogP contribution in [0.2, 0.25) is 0 Å². The molecule has 1 amide bonds. The molecule has 0 aliphatic rings. The molecule has 186 valence electrons. The van der Waals surface area contributed by atoms with Gasteiger partial charge in [-0.05, 0) is 89.9 Å². The van der Waals surface area contributed by atoms with Gasteiger partial charge < -0.3 is 19.0 Å². The summed E-state index contributed by atoms with van der Waals surface area (Å²) >= 11 is 3.30. The molecular formula is C26H23BrN2O6S. The molecule has 8 nitrogen and oxygen atoms in total. The maximum Gasteiger partial charge on any atom is 0.339 e. The van der Waals surface area contributed by atoms with Gasteiger partial charge in [-0.3, -0.25) is 4.79 Å². The number of ether oxygens (including phenoxy) is 2. The second-order valence-electron chi connectivity index (χ2n) is 7.47. The molecule has 0 saturated heterocycles. The predicted octanol–water partition coefficient (Wildman–Crippen LogP) is 5.48. The van der Waals surface area contributed by atoms with Crippen LogP contribution in [-0.4, -0.2) is 28.0 Å². The Labute approximate surface area is 218 Å². The first kappa shape index (κ1) is 26.8. The number of carbonyl (C=O) groups excluding carboxylic acids is 1. The Balaban J connectivity index is 1.86. The molecular weight excluding hydrogens is 548 g/mol. The number of halogens is 1. The maximum absolute atomic E-state index is 12.7. The molecule has 1 N–H and O–H groups in total. The quantitative estimate of drug-likeness (QED) is 0.206. The van der Waals surface area contributed by atoms with Crippen molar-refractivity contribution in [1.29, 1.82) is 5.26 Å². The zero-order valence-electron chi connectivity index (χ0n) is 19.7. The monoisotopic (exact) mass is 570 g/mol. The second kappa shape index (κ2) is 11.7. The number of benzene rings is 3. The Kier molecular flexibility index (Phi) is 8.74. The number of rotatable bonds is 9. The van der Waals surface area contributed by atoms with Gasteiger partial charge in [-0.25, -0.2) is 0 Å². The fraction of sp³-hybridized carbons (Fsp3) is 0.154. The van der Waals surface area contributed by atoms with Crippen LogP contribution in [0.3, 0.4) is 0 Å². The van der Waals surface area contributed by atoms with E-state index >= 15 is 0 Å². The molecule has 0 unspecified atom stereocenters. The van der Waals surface area contributed by atoms with Gasteiger partial charge in [0, 0.05) is 5.69 Å². The van der Waals surface area contributed by atoms with Gasteiger partial charge in [-0.2, -0.15) is 13.7 Å². The van der Waals surface area contributed by atoms with Gasteiger partial charge in [-0.1, -0.05) is 17.7 Å². The van der Waals surface area contributed by atoms with E-state index in [1.54, 1.807) is 36.4 Å². The number of amides is 1. The van der Waals surface area contributed by atoms with Gasteiger partial charge in [0.25, 0.3) is 5.91 Å². The number of hydrogen-bond acceptors (Lipinski definition) is 7. The molecule has 36 heavy (non-hydrogen) atoms. The van der Waals surface area contributed by atoms with Crippen LogP contribution >= 0.6 is 15.9 Å². The van der Waals surface area contributed by atoms with E-state index in [1.807, 2.05) is 19.9 Å². The van der Waals surface area contributed by atoms with Crippen LogP contribution < -0.4 is 19.0 Å². The molecule has 0 heterocycles. The molecule has 0 fully saturated rings. The van der Waals surface area contributed by atoms with E-state index in [0.717, 1.165) is 5.56 Å². The second-order valence-corrected chi connectivity index (χ2v) is 9.87. The molecule has 0 bridgehead atoms. The van der Waals surface area contributed by atoms with Crippen LogP contribution in [-0.2, 0) is 14.9 Å². The minimum absolute atomic E-state index is 0.0104. The van der Waals surface area contributed by atoms with E-state index in [1.165, 1.54) is 37.5 Å². The van der Waals surface area contributed by atoms with E-state index in [-0.39, 0.29) is 26.4 Å². The number of hydrogen-bond donors (Lipinski definition) is 1. The molecule has 0 atom stereocenters. The normalized spacial score (nSPS) is 11.4. The van der Waals surface area contributed by atoms with Gasteiger partial charge in [0.2, 0.25) is 0 Å². The number of methoxy groups -OCH3 is 1. The number of nitriles is 1. The number of nitrogens with one attached hydrogen (secondary N) is 1. The van der Waals surface area contributed by atoms with Crippen LogP contribution in [0.5, 0.6) is 17.2 Å². The van der Waals surface area contributed by atoms with Crippen molar-refractivity contribution < 1.29 is 26.9 Å². The van der Waals surface area contributed by atoms with Gasteiger partial charge in [-0.15, -0.1) is 0 Å². The van der Waals surface area contributed by atoms with Crippen LogP contribution in [0, 0.1) is 18.3 Å². The third-order valence-electron chi connectivity index (χ3n) is 4.85. The first-order chi connectivity index (χ1) is 17.2. The average molecular weight is 571 g/mol. The SMILES string of the molecule is CCOc1ccc(NC(=O)/C(C#N)=C/c2cc(Br)c(OS(=O)(=O)c3ccc(C)cc3)c(OC)c2)cc1. The number of carbonyl (C=O) groups is 1. The summed E-state index contributed by atoms with van der Waals surface area (Å²) in [6.07, 6.45) is 1.36. The van der Waals surface area contributed by atoms with Crippen LogP contribution in [0.25, 0.3) is 6.08 Å². The van der Waals surface area contributed by atoms with Crippen molar-refractivity contribution in [3.8, 4) is 23.3 Å². The van der Waals surface area contributed by atoms with E-state index < -0.39 is 16.0 Å². The van der Waals surface area contributed by atoms with Crippen molar-refractivity contribution in [2.24, 2.45) is 0 Å². The summed E-state index contributed by atoms with van der Waals surface area (Å²) in [5.41, 5.74) is 1.65. The van der Waals surface area contributed by atoms with Gasteiger partial charge >= 0.3 is 10.1 Å². The molecule has 3 aromatic carbocycles. The van der Waals surface area contributed by atoms with Crippen molar-refractivity contribution in [2.45, 2.75) is 18.7 Å². The minimum Gasteiger partial charge on any atom is -0.494 e. The van der Waals surface area contributed by atoms with Crippen LogP contribution in [0.1, 0.15) is 18.1 Å².